The van der Waals surface area contributed by atoms with E-state index < -0.39 is 72.7 Å². The number of ketones is 2. The maximum atomic E-state index is 13.8. The second-order valence-electron chi connectivity index (χ2n) is 11.9. The van der Waals surface area contributed by atoms with E-state index in [9.17, 15) is 45.0 Å². The van der Waals surface area contributed by atoms with E-state index in [1.54, 1.807) is 24.3 Å². The summed E-state index contributed by atoms with van der Waals surface area (Å²) in [4.78, 5) is 49.1. The molecule has 49 heavy (non-hydrogen) atoms. The number of aliphatic hydroxyl groups is 5. The lowest BCUT2D eigenvalue weighted by molar-refractivity contribution is -0.723. The largest absolute Gasteiger partial charge is 0.504 e. The number of aromatic hydroxyl groups is 1. The van der Waals surface area contributed by atoms with Crippen molar-refractivity contribution in [2.75, 3.05) is 13.3 Å². The Hall–Kier alpha value is -5.20. The highest BCUT2D eigenvalue weighted by molar-refractivity contribution is 6.68. The van der Waals surface area contributed by atoms with Crippen molar-refractivity contribution in [3.8, 4) is 11.5 Å². The summed E-state index contributed by atoms with van der Waals surface area (Å²) in [7, 11) is 0. The van der Waals surface area contributed by atoms with Crippen molar-refractivity contribution in [2.24, 2.45) is 9.98 Å². The molecule has 4 aliphatic rings. The first-order valence-electron chi connectivity index (χ1n) is 15.2. The molecular weight excluding hydrogens is 642 g/mol. The first kappa shape index (κ1) is 32.4. The third kappa shape index (κ3) is 5.31. The van der Waals surface area contributed by atoms with Crippen LogP contribution in [0.15, 0.2) is 58.5 Å². The van der Waals surface area contributed by atoms with E-state index in [-0.39, 0.29) is 58.6 Å². The molecule has 16 heteroatoms. The summed E-state index contributed by atoms with van der Waals surface area (Å²) in [5, 5.41) is 72.8. The molecule has 3 heterocycles. The first-order chi connectivity index (χ1) is 23.5. The van der Waals surface area contributed by atoms with Gasteiger partial charge in [0.2, 0.25) is 18.0 Å². The Kier molecular flexibility index (Phi) is 8.16. The molecule has 1 fully saturated rings. The number of carbonyl (C=O) groups excluding carboxylic acids is 3. The smallest absolute Gasteiger partial charge is 0.284 e. The Morgan fingerprint density at radius 2 is 1.71 bits per heavy atom. The van der Waals surface area contributed by atoms with Gasteiger partial charge >= 0.3 is 0 Å². The number of amides is 1. The van der Waals surface area contributed by atoms with Gasteiger partial charge in [-0.15, -0.1) is 0 Å². The molecule has 0 saturated carbocycles. The molecule has 0 radical (unpaired) electrons. The van der Waals surface area contributed by atoms with Crippen LogP contribution in [0.4, 0.5) is 5.69 Å². The Labute approximate surface area is 276 Å². The number of hydrogen-bond donors (Lipinski definition) is 9. The molecule has 7 rings (SSSR count). The molecule has 0 spiro atoms. The number of aliphatic imine (C=N–C) groups is 2. The minimum absolute atomic E-state index is 0.0486. The number of nitrogens with zero attached hydrogens (tertiary/aromatic N) is 2. The molecule has 0 bridgehead atoms. The predicted molar refractivity (Wildman–Crippen MR) is 167 cm³/mol. The van der Waals surface area contributed by atoms with Crippen LogP contribution < -0.4 is 15.0 Å². The van der Waals surface area contributed by atoms with Crippen molar-refractivity contribution in [1.29, 1.82) is 5.41 Å². The van der Waals surface area contributed by atoms with Gasteiger partial charge in [-0.25, -0.2) is 9.89 Å². The highest BCUT2D eigenvalue weighted by Crippen LogP contribution is 2.44. The fourth-order valence-corrected chi connectivity index (χ4v) is 6.46. The normalized spacial score (nSPS) is 26.0. The standard InChI is InChI=1S/C33H29N5O11/c34-33-36-30-22(31(47)37-33)35-12-38(30)19-4-2-1-3-14(19)8-15-9-18-21(24(42)17-7-13(10-39)5-6-16(17)23(18)41)26(44)29(15)49-32-28(46)27(45)25(43)20(11-40)48-32/h1-7,9,20,25,27-28,32,39-40,43-46H,8,10-12H2,(H2,34,37,47)/p+1/t20-,25-,27+,28-,32+/m0/s1. The average molecular weight is 673 g/mol. The summed E-state index contributed by atoms with van der Waals surface area (Å²) >= 11 is 0. The van der Waals surface area contributed by atoms with Gasteiger partial charge in [-0.05, 0) is 29.8 Å². The zero-order valence-corrected chi connectivity index (χ0v) is 25.5. The molecule has 252 valence electrons. The number of para-hydroxylation sites is 1. The van der Waals surface area contributed by atoms with Gasteiger partial charge in [-0.1, -0.05) is 24.3 Å². The van der Waals surface area contributed by atoms with E-state index in [1.165, 1.54) is 24.3 Å². The van der Waals surface area contributed by atoms with E-state index in [1.807, 2.05) is 0 Å². The van der Waals surface area contributed by atoms with E-state index in [2.05, 4.69) is 15.3 Å². The fourth-order valence-electron chi connectivity index (χ4n) is 6.46. The second kappa shape index (κ2) is 12.4. The van der Waals surface area contributed by atoms with Crippen molar-refractivity contribution >= 4 is 40.7 Å². The number of quaternary nitrogens is 1. The molecule has 3 aliphatic heterocycles. The number of aliphatic hydroxyl groups excluding tert-OH is 5. The summed E-state index contributed by atoms with van der Waals surface area (Å²) in [5.41, 5.74) is 1.23. The van der Waals surface area contributed by atoms with Crippen molar-refractivity contribution in [3.63, 3.8) is 0 Å². The molecule has 1 amide bonds. The molecule has 16 nitrogen and oxygen atoms in total. The van der Waals surface area contributed by atoms with Crippen LogP contribution in [0.25, 0.3) is 0 Å². The molecule has 9 N–H and O–H groups in total. The summed E-state index contributed by atoms with van der Waals surface area (Å²) in [6, 6.07) is 12.6. The topological polar surface area (TPSA) is 256 Å². The molecule has 1 saturated heterocycles. The zero-order valence-electron chi connectivity index (χ0n) is 25.5. The van der Waals surface area contributed by atoms with Crippen molar-refractivity contribution < 1.29 is 59.4 Å². The van der Waals surface area contributed by atoms with Crippen molar-refractivity contribution in [3.05, 3.63) is 87.5 Å². The van der Waals surface area contributed by atoms with Gasteiger partial charge in [0.05, 0.1) is 18.8 Å². The maximum absolute atomic E-state index is 13.8. The molecule has 1 unspecified atom stereocenters. The quantitative estimate of drug-likeness (QED) is 0.102. The van der Waals surface area contributed by atoms with Gasteiger partial charge in [-0.3, -0.25) is 25.1 Å². The van der Waals surface area contributed by atoms with Crippen LogP contribution in [0.5, 0.6) is 11.5 Å². The van der Waals surface area contributed by atoms with Gasteiger partial charge in [0.25, 0.3) is 11.7 Å². The van der Waals surface area contributed by atoms with Crippen LogP contribution in [-0.2, 0) is 22.6 Å². The van der Waals surface area contributed by atoms with Gasteiger partial charge in [-0.2, -0.15) is 4.99 Å². The van der Waals surface area contributed by atoms with Crippen LogP contribution in [0.3, 0.4) is 0 Å². The number of guanidine groups is 1. The van der Waals surface area contributed by atoms with Gasteiger partial charge in [0, 0.05) is 34.2 Å². The zero-order chi connectivity index (χ0) is 34.7. The maximum Gasteiger partial charge on any atom is 0.284 e. The SMILES string of the molecule is N=C1N=C2C(=NC[NH+]2c2ccccc2Cc2cc3c(c(O)c2O[C@H]2O[C@@H](CO)[C@H](O)[C@@H](O)[C@@H]2O)C(=O)c2cc(CO)ccc2C3=O)C(=O)N1. The van der Waals surface area contributed by atoms with Gasteiger partial charge in [0.1, 0.15) is 30.1 Å². The fraction of sp³-hybridized carbons (Fsp3) is 0.273. The highest BCUT2D eigenvalue weighted by atomic mass is 16.7. The lowest BCUT2D eigenvalue weighted by Crippen LogP contribution is -3.09. The summed E-state index contributed by atoms with van der Waals surface area (Å²) in [5.74, 6) is -3.14. The molecule has 6 atom stereocenters. The molecule has 0 aromatic heterocycles. The number of amidine groups is 1. The van der Waals surface area contributed by atoms with Gasteiger partial charge in [0.15, 0.2) is 29.7 Å². The van der Waals surface area contributed by atoms with Crippen LogP contribution in [0, 0.1) is 5.41 Å². The summed E-state index contributed by atoms with van der Waals surface area (Å²) in [6.45, 7) is -1.07. The second-order valence-corrected chi connectivity index (χ2v) is 11.9. The average Bonchev–Trinajstić information content (AvgIpc) is 3.52. The number of phenolic OH excluding ortho intramolecular Hbond substituents is 1. The van der Waals surface area contributed by atoms with Gasteiger partial charge < -0.3 is 40.1 Å². The Morgan fingerprint density at radius 3 is 2.47 bits per heavy atom. The number of rotatable bonds is 7. The third-order valence-electron chi connectivity index (χ3n) is 8.94. The molecular formula is C33H30N5O11+. The predicted octanol–water partition coefficient (Wildman–Crippen LogP) is -2.18. The van der Waals surface area contributed by atoms with Crippen LogP contribution in [0.2, 0.25) is 0 Å². The Balaban J connectivity index is 1.35. The first-order valence-corrected chi connectivity index (χ1v) is 15.2. The number of nitrogens with one attached hydrogen (secondary N) is 3. The minimum atomic E-state index is -1.87. The van der Waals surface area contributed by atoms with E-state index in [4.69, 9.17) is 14.9 Å². The Morgan fingerprint density at radius 1 is 0.939 bits per heavy atom. The molecule has 3 aromatic carbocycles. The lowest BCUT2D eigenvalue weighted by atomic mass is 9.81. The van der Waals surface area contributed by atoms with Crippen LogP contribution in [-0.4, -0.2) is 110 Å². The summed E-state index contributed by atoms with van der Waals surface area (Å²) < 4.78 is 11.5. The van der Waals surface area contributed by atoms with E-state index in [0.717, 1.165) is 0 Å². The monoisotopic (exact) mass is 672 g/mol. The number of hydrogen-bond acceptors (Lipinski definition) is 13. The van der Waals surface area contributed by atoms with E-state index >= 15 is 0 Å². The van der Waals surface area contributed by atoms with Crippen molar-refractivity contribution in [1.82, 2.24) is 5.32 Å². The molecule has 1 aliphatic carbocycles. The minimum Gasteiger partial charge on any atom is -0.504 e. The number of ether oxygens (including phenoxy) is 2. The number of fused-ring (bicyclic) bond motifs is 3. The van der Waals surface area contributed by atoms with Crippen LogP contribution >= 0.6 is 0 Å². The number of benzene rings is 3. The third-order valence-corrected chi connectivity index (χ3v) is 8.94. The number of carbonyl (C=O) groups is 3. The van der Waals surface area contributed by atoms with E-state index in [0.29, 0.717) is 21.7 Å². The van der Waals surface area contributed by atoms with Crippen molar-refractivity contribution in [2.45, 2.75) is 43.7 Å². The van der Waals surface area contributed by atoms with Crippen LogP contribution in [0.1, 0.15) is 48.5 Å². The highest BCUT2D eigenvalue weighted by Gasteiger charge is 2.46. The number of phenols is 1. The lowest BCUT2D eigenvalue weighted by Gasteiger charge is -2.40. The Bertz CT molecular complexity index is 2010. The molecule has 3 aromatic rings. The summed E-state index contributed by atoms with van der Waals surface area (Å²) in [6.07, 6.45) is -8.54.